The van der Waals surface area contributed by atoms with Gasteiger partial charge in [0.15, 0.2) is 5.82 Å². The van der Waals surface area contributed by atoms with E-state index in [1.54, 1.807) is 16.9 Å². The quantitative estimate of drug-likeness (QED) is 0.796. The molecule has 0 aromatic carbocycles. The molecule has 3 aromatic heterocycles. The normalized spacial score (nSPS) is 10.8. The smallest absolute Gasteiger partial charge is 0.337 e. The molecule has 0 unspecified atom stereocenters. The Bertz CT molecular complexity index is 946. The molecule has 0 radical (unpaired) electrons. The van der Waals surface area contributed by atoms with Crippen LogP contribution in [0.3, 0.4) is 0 Å². The second-order valence-electron chi connectivity index (χ2n) is 5.61. The van der Waals surface area contributed by atoms with E-state index < -0.39 is 5.97 Å². The number of hydrogen-bond acceptors (Lipinski definition) is 5. The Kier molecular flexibility index (Phi) is 3.84. The van der Waals surface area contributed by atoms with Gasteiger partial charge in [-0.3, -0.25) is 9.97 Å². The minimum Gasteiger partial charge on any atom is -0.478 e. The molecule has 122 valence electrons. The Balaban J connectivity index is 2.28. The van der Waals surface area contributed by atoms with Crippen LogP contribution < -0.4 is 0 Å². The summed E-state index contributed by atoms with van der Waals surface area (Å²) in [6.07, 6.45) is 2.90. The lowest BCUT2D eigenvalue weighted by Crippen LogP contribution is -2.10. The Labute approximate surface area is 139 Å². The monoisotopic (exact) mass is 323 g/mol. The zero-order valence-electron chi connectivity index (χ0n) is 13.9. The van der Waals surface area contributed by atoms with Crippen LogP contribution in [0.5, 0.6) is 0 Å². The van der Waals surface area contributed by atoms with Crippen molar-refractivity contribution in [2.24, 2.45) is 0 Å². The molecule has 0 aliphatic carbocycles. The van der Waals surface area contributed by atoms with E-state index in [1.807, 2.05) is 33.8 Å². The summed E-state index contributed by atoms with van der Waals surface area (Å²) in [5.41, 5.74) is 4.46. The van der Waals surface area contributed by atoms with Gasteiger partial charge in [-0.1, -0.05) is 0 Å². The minimum atomic E-state index is -1.04. The van der Waals surface area contributed by atoms with Crippen LogP contribution in [-0.2, 0) is 0 Å². The van der Waals surface area contributed by atoms with Gasteiger partial charge >= 0.3 is 5.97 Å². The van der Waals surface area contributed by atoms with Gasteiger partial charge in [-0.2, -0.15) is 5.10 Å². The maximum atomic E-state index is 11.5. The van der Waals surface area contributed by atoms with Gasteiger partial charge < -0.3 is 5.11 Å². The third-order valence-electron chi connectivity index (χ3n) is 3.82. The fourth-order valence-electron chi connectivity index (χ4n) is 2.54. The number of pyridine rings is 1. The number of aromatic nitrogens is 5. The van der Waals surface area contributed by atoms with E-state index in [9.17, 15) is 9.90 Å². The average molecular weight is 323 g/mol. The van der Waals surface area contributed by atoms with Crippen molar-refractivity contribution in [1.82, 2.24) is 24.7 Å². The molecule has 0 saturated heterocycles. The predicted octanol–water partition coefficient (Wildman–Crippen LogP) is 2.66. The van der Waals surface area contributed by atoms with Crippen molar-refractivity contribution in [2.45, 2.75) is 27.7 Å². The molecule has 3 rings (SSSR count). The molecule has 0 amide bonds. The number of aryl methyl sites for hydroxylation is 4. The Morgan fingerprint density at radius 1 is 1.08 bits per heavy atom. The highest BCUT2D eigenvalue weighted by molar-refractivity contribution is 5.95. The number of carboxylic acids is 1. The van der Waals surface area contributed by atoms with Gasteiger partial charge in [0.2, 0.25) is 0 Å². The fourth-order valence-corrected chi connectivity index (χ4v) is 2.54. The summed E-state index contributed by atoms with van der Waals surface area (Å²) >= 11 is 0. The molecule has 0 fully saturated rings. The standard InChI is InChI=1S/C17H17N5O2/c1-9-7-15(13-5-6-18-8-14(13)17(23)24)22(21-9)16-12(4)19-10(2)11(3)20-16/h5-8H,1-4H3,(H,23,24). The lowest BCUT2D eigenvalue weighted by molar-refractivity contribution is 0.0697. The van der Waals surface area contributed by atoms with Crippen LogP contribution >= 0.6 is 0 Å². The third kappa shape index (κ3) is 2.64. The predicted molar refractivity (Wildman–Crippen MR) is 88.3 cm³/mol. The van der Waals surface area contributed by atoms with E-state index in [0.717, 1.165) is 22.8 Å². The highest BCUT2D eigenvalue weighted by atomic mass is 16.4. The topological polar surface area (TPSA) is 93.8 Å². The molecule has 7 heteroatoms. The van der Waals surface area contributed by atoms with Crippen LogP contribution in [0.4, 0.5) is 0 Å². The second-order valence-corrected chi connectivity index (χ2v) is 5.61. The highest BCUT2D eigenvalue weighted by Gasteiger charge is 2.19. The largest absolute Gasteiger partial charge is 0.478 e. The van der Waals surface area contributed by atoms with Gasteiger partial charge in [0.25, 0.3) is 0 Å². The number of carboxylic acid groups (broad SMARTS) is 1. The molecule has 3 aromatic rings. The molecular formula is C17H17N5O2. The Hall–Kier alpha value is -3.09. The zero-order valence-corrected chi connectivity index (χ0v) is 13.9. The van der Waals surface area contributed by atoms with E-state index in [-0.39, 0.29) is 5.56 Å². The molecule has 0 bridgehead atoms. The van der Waals surface area contributed by atoms with E-state index in [1.165, 1.54) is 6.20 Å². The molecule has 7 nitrogen and oxygen atoms in total. The first kappa shape index (κ1) is 15.8. The fraction of sp³-hybridized carbons (Fsp3) is 0.235. The first-order valence-corrected chi connectivity index (χ1v) is 7.45. The van der Waals surface area contributed by atoms with Crippen molar-refractivity contribution < 1.29 is 9.90 Å². The van der Waals surface area contributed by atoms with Crippen molar-refractivity contribution in [3.05, 3.63) is 52.9 Å². The molecular weight excluding hydrogens is 306 g/mol. The van der Waals surface area contributed by atoms with Gasteiger partial charge in [-0.15, -0.1) is 0 Å². The van der Waals surface area contributed by atoms with E-state index >= 15 is 0 Å². The lowest BCUT2D eigenvalue weighted by Gasteiger charge is -2.12. The molecule has 24 heavy (non-hydrogen) atoms. The Morgan fingerprint density at radius 3 is 2.50 bits per heavy atom. The summed E-state index contributed by atoms with van der Waals surface area (Å²) in [6.45, 7) is 7.50. The maximum Gasteiger partial charge on any atom is 0.337 e. The zero-order chi connectivity index (χ0) is 17.4. The molecule has 0 aliphatic rings. The molecule has 0 aliphatic heterocycles. The molecule has 1 N–H and O–H groups in total. The van der Waals surface area contributed by atoms with Gasteiger partial charge in [0, 0.05) is 18.0 Å². The minimum absolute atomic E-state index is 0.119. The summed E-state index contributed by atoms with van der Waals surface area (Å²) in [4.78, 5) is 24.5. The number of aromatic carboxylic acids is 1. The number of rotatable bonds is 3. The van der Waals surface area contributed by atoms with Crippen LogP contribution in [0, 0.1) is 27.7 Å². The van der Waals surface area contributed by atoms with Crippen molar-refractivity contribution in [2.75, 3.05) is 0 Å². The van der Waals surface area contributed by atoms with Crippen molar-refractivity contribution in [3.8, 4) is 17.1 Å². The summed E-state index contributed by atoms with van der Waals surface area (Å²) in [7, 11) is 0. The van der Waals surface area contributed by atoms with Gasteiger partial charge in [-0.25, -0.2) is 14.5 Å². The lowest BCUT2D eigenvalue weighted by atomic mass is 10.1. The van der Waals surface area contributed by atoms with E-state index in [0.29, 0.717) is 17.1 Å². The molecule has 0 saturated carbocycles. The van der Waals surface area contributed by atoms with Crippen molar-refractivity contribution >= 4 is 5.97 Å². The summed E-state index contributed by atoms with van der Waals surface area (Å²) in [6, 6.07) is 3.50. The maximum absolute atomic E-state index is 11.5. The SMILES string of the molecule is Cc1cc(-c2ccncc2C(=O)O)n(-c2nc(C)c(C)nc2C)n1. The van der Waals surface area contributed by atoms with E-state index in [4.69, 9.17) is 0 Å². The van der Waals surface area contributed by atoms with Crippen molar-refractivity contribution in [1.29, 1.82) is 0 Å². The summed E-state index contributed by atoms with van der Waals surface area (Å²) in [5, 5.41) is 13.9. The average Bonchev–Trinajstić information content (AvgIpc) is 2.92. The molecule has 0 spiro atoms. The highest BCUT2D eigenvalue weighted by Crippen LogP contribution is 2.27. The van der Waals surface area contributed by atoms with Crippen LogP contribution in [-0.4, -0.2) is 35.8 Å². The third-order valence-corrected chi connectivity index (χ3v) is 3.82. The van der Waals surface area contributed by atoms with Gasteiger partial charge in [0.05, 0.1) is 34.0 Å². The first-order chi connectivity index (χ1) is 11.4. The van der Waals surface area contributed by atoms with Crippen LogP contribution in [0.15, 0.2) is 24.5 Å². The van der Waals surface area contributed by atoms with Crippen LogP contribution in [0.1, 0.15) is 33.1 Å². The second kappa shape index (κ2) is 5.84. The number of hydrogen-bond donors (Lipinski definition) is 1. The number of nitrogens with zero attached hydrogens (tertiary/aromatic N) is 5. The van der Waals surface area contributed by atoms with Gasteiger partial charge in [-0.05, 0) is 39.8 Å². The van der Waals surface area contributed by atoms with Gasteiger partial charge in [0.1, 0.15) is 0 Å². The summed E-state index contributed by atoms with van der Waals surface area (Å²) in [5.74, 6) is -0.444. The van der Waals surface area contributed by atoms with Crippen LogP contribution in [0.2, 0.25) is 0 Å². The molecule has 0 atom stereocenters. The summed E-state index contributed by atoms with van der Waals surface area (Å²) < 4.78 is 1.64. The molecule has 3 heterocycles. The van der Waals surface area contributed by atoms with Crippen molar-refractivity contribution in [3.63, 3.8) is 0 Å². The Morgan fingerprint density at radius 2 is 1.79 bits per heavy atom. The van der Waals surface area contributed by atoms with E-state index in [2.05, 4.69) is 20.1 Å². The first-order valence-electron chi connectivity index (χ1n) is 7.45. The van der Waals surface area contributed by atoms with Crippen LogP contribution in [0.25, 0.3) is 17.1 Å². The number of carbonyl (C=O) groups is 1.